The second-order valence-corrected chi connectivity index (χ2v) is 8.39. The van der Waals surface area contributed by atoms with Gasteiger partial charge in [-0.2, -0.15) is 0 Å². The minimum Gasteiger partial charge on any atom is -0.459 e. The van der Waals surface area contributed by atoms with Crippen molar-refractivity contribution in [3.05, 3.63) is 51.2 Å². The van der Waals surface area contributed by atoms with Gasteiger partial charge >= 0.3 is 5.97 Å². The third kappa shape index (κ3) is 4.08. The summed E-state index contributed by atoms with van der Waals surface area (Å²) in [5, 5.41) is 4.90. The highest BCUT2D eigenvalue weighted by Crippen LogP contribution is 2.31. The molecule has 0 radical (unpaired) electrons. The van der Waals surface area contributed by atoms with Crippen molar-refractivity contribution in [1.82, 2.24) is 0 Å². The molecule has 0 aliphatic heterocycles. The Balaban J connectivity index is 1.50. The van der Waals surface area contributed by atoms with E-state index in [2.05, 4.69) is 5.32 Å². The summed E-state index contributed by atoms with van der Waals surface area (Å²) >= 11 is 1.67. The lowest BCUT2D eigenvalue weighted by atomic mass is 9.95. The predicted molar refractivity (Wildman–Crippen MR) is 108 cm³/mol. The summed E-state index contributed by atoms with van der Waals surface area (Å²) in [6.45, 7) is 0. The molecule has 1 N–H and O–H groups in total. The van der Waals surface area contributed by atoms with E-state index in [1.807, 2.05) is 11.4 Å². The molecule has 1 heterocycles. The van der Waals surface area contributed by atoms with Crippen LogP contribution >= 0.6 is 11.3 Å². The molecule has 0 spiro atoms. The molecular formula is C22H25NO3S. The molecule has 1 amide bonds. The Bertz CT molecular complexity index is 836. The number of ether oxygens (including phenoxy) is 1. The van der Waals surface area contributed by atoms with Crippen LogP contribution in [0, 0.1) is 0 Å². The van der Waals surface area contributed by atoms with Crippen LogP contribution in [0.4, 0.5) is 5.69 Å². The van der Waals surface area contributed by atoms with Crippen LogP contribution in [-0.2, 0) is 17.6 Å². The maximum absolute atomic E-state index is 12.9. The molecule has 1 saturated carbocycles. The van der Waals surface area contributed by atoms with E-state index in [9.17, 15) is 9.59 Å². The number of para-hydroxylation sites is 1. The summed E-state index contributed by atoms with van der Waals surface area (Å²) < 4.78 is 5.69. The Kier molecular flexibility index (Phi) is 5.58. The van der Waals surface area contributed by atoms with Crippen LogP contribution in [0.5, 0.6) is 0 Å². The van der Waals surface area contributed by atoms with Crippen LogP contribution in [0.2, 0.25) is 0 Å². The van der Waals surface area contributed by atoms with Gasteiger partial charge in [-0.3, -0.25) is 4.79 Å². The van der Waals surface area contributed by atoms with Crippen molar-refractivity contribution in [3.63, 3.8) is 0 Å². The van der Waals surface area contributed by atoms with E-state index in [1.54, 1.807) is 29.5 Å². The van der Waals surface area contributed by atoms with Crippen molar-refractivity contribution in [2.45, 2.75) is 63.9 Å². The average molecular weight is 384 g/mol. The predicted octanol–water partition coefficient (Wildman–Crippen LogP) is 5.37. The number of rotatable bonds is 4. The second-order valence-electron chi connectivity index (χ2n) is 7.42. The summed E-state index contributed by atoms with van der Waals surface area (Å²) in [7, 11) is 0. The van der Waals surface area contributed by atoms with Gasteiger partial charge in [-0.15, -0.1) is 11.3 Å². The van der Waals surface area contributed by atoms with E-state index < -0.39 is 0 Å². The Labute approximate surface area is 163 Å². The molecule has 0 atom stereocenters. The fourth-order valence-electron chi connectivity index (χ4n) is 4.04. The van der Waals surface area contributed by atoms with Crippen LogP contribution < -0.4 is 5.32 Å². The Morgan fingerprint density at radius 3 is 2.59 bits per heavy atom. The van der Waals surface area contributed by atoms with E-state index in [0.717, 1.165) is 50.5 Å². The molecule has 1 aromatic heterocycles. The SMILES string of the molecule is O=C(OC1CCCCC1)c1ccccc1NC(=O)c1csc2c1CCCC2. The lowest BCUT2D eigenvalue weighted by molar-refractivity contribution is 0.0212. The maximum atomic E-state index is 12.9. The van der Waals surface area contributed by atoms with Gasteiger partial charge in [-0.25, -0.2) is 4.79 Å². The molecule has 0 bridgehead atoms. The van der Waals surface area contributed by atoms with Crippen LogP contribution in [0.3, 0.4) is 0 Å². The van der Waals surface area contributed by atoms with Crippen LogP contribution in [0.25, 0.3) is 0 Å². The standard InChI is InChI=1S/C22H25NO3S/c24-21(18-14-27-20-13-7-5-10-16(18)20)23-19-12-6-4-11-17(19)22(25)26-15-8-2-1-3-9-15/h4,6,11-12,14-15H,1-3,5,7-10,13H2,(H,23,24). The summed E-state index contributed by atoms with van der Waals surface area (Å²) in [5.41, 5.74) is 2.90. The first-order valence-corrected chi connectivity index (χ1v) is 10.8. The highest BCUT2D eigenvalue weighted by atomic mass is 32.1. The number of carbonyl (C=O) groups excluding carboxylic acids is 2. The zero-order valence-corrected chi connectivity index (χ0v) is 16.3. The first-order valence-electron chi connectivity index (χ1n) is 9.93. The van der Waals surface area contributed by atoms with Gasteiger partial charge in [0.1, 0.15) is 6.10 Å². The minimum absolute atomic E-state index is 0.00102. The summed E-state index contributed by atoms with van der Waals surface area (Å²) in [6, 6.07) is 7.13. The lowest BCUT2D eigenvalue weighted by Gasteiger charge is -2.22. The van der Waals surface area contributed by atoms with Crippen molar-refractivity contribution >= 4 is 28.9 Å². The minimum atomic E-state index is -0.342. The zero-order chi connectivity index (χ0) is 18.6. The maximum Gasteiger partial charge on any atom is 0.340 e. The highest BCUT2D eigenvalue weighted by molar-refractivity contribution is 7.10. The monoisotopic (exact) mass is 383 g/mol. The molecule has 0 unspecified atom stereocenters. The molecule has 142 valence electrons. The van der Waals surface area contributed by atoms with Gasteiger partial charge in [-0.1, -0.05) is 18.6 Å². The molecule has 0 saturated heterocycles. The summed E-state index contributed by atoms with van der Waals surface area (Å²) in [6.07, 6.45) is 9.66. The number of carbonyl (C=O) groups is 2. The Morgan fingerprint density at radius 1 is 0.963 bits per heavy atom. The second kappa shape index (κ2) is 8.26. The number of anilines is 1. The molecule has 1 aromatic carbocycles. The van der Waals surface area contributed by atoms with Gasteiger partial charge in [-0.05, 0) is 69.1 Å². The topological polar surface area (TPSA) is 55.4 Å². The number of aryl methyl sites for hydroxylation is 1. The highest BCUT2D eigenvalue weighted by Gasteiger charge is 2.23. The number of nitrogens with one attached hydrogen (secondary N) is 1. The Hall–Kier alpha value is -2.14. The van der Waals surface area contributed by atoms with Crippen molar-refractivity contribution in [2.75, 3.05) is 5.32 Å². The quantitative estimate of drug-likeness (QED) is 0.722. The van der Waals surface area contributed by atoms with Gasteiger partial charge < -0.3 is 10.1 Å². The molecule has 27 heavy (non-hydrogen) atoms. The molecule has 4 rings (SSSR count). The Morgan fingerprint density at radius 2 is 1.74 bits per heavy atom. The molecule has 2 aliphatic rings. The third-order valence-electron chi connectivity index (χ3n) is 5.53. The van der Waals surface area contributed by atoms with Crippen molar-refractivity contribution in [3.8, 4) is 0 Å². The number of thiophene rings is 1. The molecule has 2 aromatic rings. The zero-order valence-electron chi connectivity index (χ0n) is 15.5. The number of fused-ring (bicyclic) bond motifs is 1. The molecule has 4 nitrogen and oxygen atoms in total. The fraction of sp³-hybridized carbons (Fsp3) is 0.455. The van der Waals surface area contributed by atoms with Gasteiger partial charge in [0, 0.05) is 10.3 Å². The number of amides is 1. The normalized spacial score (nSPS) is 17.2. The van der Waals surface area contributed by atoms with Crippen molar-refractivity contribution in [1.29, 1.82) is 0 Å². The first kappa shape index (κ1) is 18.2. The van der Waals surface area contributed by atoms with Crippen molar-refractivity contribution in [2.24, 2.45) is 0 Å². The molecular weight excluding hydrogens is 358 g/mol. The van der Waals surface area contributed by atoms with Crippen LogP contribution in [0.15, 0.2) is 29.6 Å². The smallest absolute Gasteiger partial charge is 0.340 e. The van der Waals surface area contributed by atoms with Gasteiger partial charge in [0.05, 0.1) is 16.8 Å². The number of benzene rings is 1. The van der Waals surface area contributed by atoms with E-state index in [-0.39, 0.29) is 18.0 Å². The van der Waals surface area contributed by atoms with Gasteiger partial charge in [0.25, 0.3) is 5.91 Å². The molecule has 5 heteroatoms. The summed E-state index contributed by atoms with van der Waals surface area (Å²) in [5.74, 6) is -0.475. The van der Waals surface area contributed by atoms with Crippen LogP contribution in [-0.4, -0.2) is 18.0 Å². The van der Waals surface area contributed by atoms with E-state index in [4.69, 9.17) is 4.74 Å². The third-order valence-corrected chi connectivity index (χ3v) is 6.62. The first-order chi connectivity index (χ1) is 13.2. The van der Waals surface area contributed by atoms with E-state index in [1.165, 1.54) is 23.3 Å². The molecule has 2 aliphatic carbocycles. The van der Waals surface area contributed by atoms with Crippen LogP contribution in [0.1, 0.15) is 76.1 Å². The summed E-state index contributed by atoms with van der Waals surface area (Å²) in [4.78, 5) is 26.8. The van der Waals surface area contributed by atoms with E-state index >= 15 is 0 Å². The van der Waals surface area contributed by atoms with Crippen molar-refractivity contribution < 1.29 is 14.3 Å². The van der Waals surface area contributed by atoms with Gasteiger partial charge in [0.15, 0.2) is 0 Å². The van der Waals surface area contributed by atoms with E-state index in [0.29, 0.717) is 11.3 Å². The number of hydrogen-bond donors (Lipinski definition) is 1. The number of hydrogen-bond acceptors (Lipinski definition) is 4. The molecule has 1 fully saturated rings. The lowest BCUT2D eigenvalue weighted by Crippen LogP contribution is -2.22. The largest absolute Gasteiger partial charge is 0.459 e. The van der Waals surface area contributed by atoms with Gasteiger partial charge in [0.2, 0.25) is 0 Å². The fourth-order valence-corrected chi connectivity index (χ4v) is 5.17. The number of esters is 1. The average Bonchev–Trinajstić information content (AvgIpc) is 3.13.